The molecule has 4 N–H and O–H groups in total. The van der Waals surface area contributed by atoms with Gasteiger partial charge in [0.2, 0.25) is 0 Å². The highest BCUT2D eigenvalue weighted by molar-refractivity contribution is 7.98. The average molecular weight is 339 g/mol. The van der Waals surface area contributed by atoms with E-state index in [0.717, 1.165) is 39.7 Å². The second-order valence-electron chi connectivity index (χ2n) is 6.46. The van der Waals surface area contributed by atoms with Crippen molar-refractivity contribution in [3.8, 4) is 11.3 Å². The first-order valence-corrected chi connectivity index (χ1v) is 9.21. The Balaban J connectivity index is 2.09. The Morgan fingerprint density at radius 3 is 2.54 bits per heavy atom. The standard InChI is InChI=1S/C18H21N5S/c1-9-4-10(2)15(11(3)5-9)16-12(6-19)17(20)23-18(21-16)13-7-24-8-14(13)22-23/h4-5H,6-8,19-20H2,1-3H3. The minimum atomic E-state index is 0.343. The number of hydrogen-bond acceptors (Lipinski definition) is 5. The molecular weight excluding hydrogens is 318 g/mol. The van der Waals surface area contributed by atoms with Gasteiger partial charge in [0.1, 0.15) is 5.82 Å². The Kier molecular flexibility index (Phi) is 3.54. The highest BCUT2D eigenvalue weighted by Crippen LogP contribution is 2.37. The maximum atomic E-state index is 6.43. The molecule has 0 atom stereocenters. The van der Waals surface area contributed by atoms with Crippen molar-refractivity contribution in [1.82, 2.24) is 14.6 Å². The molecule has 5 nitrogen and oxygen atoms in total. The smallest absolute Gasteiger partial charge is 0.162 e. The molecule has 4 rings (SSSR count). The lowest BCUT2D eigenvalue weighted by molar-refractivity contribution is 0.900. The summed E-state index contributed by atoms with van der Waals surface area (Å²) >= 11 is 1.87. The maximum absolute atomic E-state index is 6.43. The molecule has 24 heavy (non-hydrogen) atoms. The van der Waals surface area contributed by atoms with E-state index in [1.165, 1.54) is 22.3 Å². The van der Waals surface area contributed by atoms with E-state index in [1.54, 1.807) is 4.52 Å². The van der Waals surface area contributed by atoms with Gasteiger partial charge in [-0.05, 0) is 31.9 Å². The first-order chi connectivity index (χ1) is 11.5. The van der Waals surface area contributed by atoms with Gasteiger partial charge in [0.05, 0.1) is 11.4 Å². The van der Waals surface area contributed by atoms with Gasteiger partial charge >= 0.3 is 0 Å². The quantitative estimate of drug-likeness (QED) is 0.749. The van der Waals surface area contributed by atoms with Crippen molar-refractivity contribution in [2.45, 2.75) is 38.8 Å². The molecule has 6 heteroatoms. The molecule has 0 saturated heterocycles. The highest BCUT2D eigenvalue weighted by Gasteiger charge is 2.24. The van der Waals surface area contributed by atoms with Gasteiger partial charge in [-0.3, -0.25) is 0 Å². The molecule has 0 fully saturated rings. The van der Waals surface area contributed by atoms with E-state index in [9.17, 15) is 0 Å². The summed E-state index contributed by atoms with van der Waals surface area (Å²) in [5, 5.41) is 4.65. The zero-order chi connectivity index (χ0) is 17.0. The molecule has 1 aliphatic heterocycles. The van der Waals surface area contributed by atoms with Crippen molar-refractivity contribution in [1.29, 1.82) is 0 Å². The Labute approximate surface area is 145 Å². The van der Waals surface area contributed by atoms with Crippen LogP contribution in [-0.4, -0.2) is 14.6 Å². The second kappa shape index (κ2) is 5.50. The van der Waals surface area contributed by atoms with E-state index in [2.05, 4.69) is 38.0 Å². The molecule has 124 valence electrons. The Morgan fingerprint density at radius 2 is 1.88 bits per heavy atom. The highest BCUT2D eigenvalue weighted by atomic mass is 32.2. The zero-order valence-electron chi connectivity index (χ0n) is 14.2. The summed E-state index contributed by atoms with van der Waals surface area (Å²) in [7, 11) is 0. The number of benzene rings is 1. The predicted molar refractivity (Wildman–Crippen MR) is 99.9 cm³/mol. The summed E-state index contributed by atoms with van der Waals surface area (Å²) in [5.41, 5.74) is 22.2. The van der Waals surface area contributed by atoms with Crippen LogP contribution in [0.2, 0.25) is 0 Å². The van der Waals surface area contributed by atoms with Crippen LogP contribution in [0.3, 0.4) is 0 Å². The topological polar surface area (TPSA) is 82.2 Å². The normalized spacial score (nSPS) is 13.7. The number of nitrogens with zero attached hydrogens (tertiary/aromatic N) is 3. The summed E-state index contributed by atoms with van der Waals surface area (Å²) in [6.07, 6.45) is 0. The van der Waals surface area contributed by atoms with Crippen LogP contribution in [0, 0.1) is 20.8 Å². The summed E-state index contributed by atoms with van der Waals surface area (Å²) in [5.74, 6) is 2.48. The van der Waals surface area contributed by atoms with Crippen molar-refractivity contribution in [3.63, 3.8) is 0 Å². The first-order valence-electron chi connectivity index (χ1n) is 8.06. The van der Waals surface area contributed by atoms with Crippen molar-refractivity contribution >= 4 is 23.2 Å². The van der Waals surface area contributed by atoms with Crippen LogP contribution in [0.1, 0.15) is 33.5 Å². The third kappa shape index (κ3) is 2.13. The fourth-order valence-electron chi connectivity index (χ4n) is 3.67. The molecule has 0 unspecified atom stereocenters. The number of anilines is 1. The number of nitrogen functional groups attached to an aromatic ring is 1. The molecule has 3 aromatic rings. The van der Waals surface area contributed by atoms with Gasteiger partial charge in [-0.1, -0.05) is 17.7 Å². The van der Waals surface area contributed by atoms with Crippen molar-refractivity contribution < 1.29 is 0 Å². The van der Waals surface area contributed by atoms with Gasteiger partial charge in [-0.25, -0.2) is 4.98 Å². The molecular formula is C18H21N5S. The predicted octanol–water partition coefficient (Wildman–Crippen LogP) is 3.11. The fraction of sp³-hybridized carbons (Fsp3) is 0.333. The van der Waals surface area contributed by atoms with Crippen molar-refractivity contribution in [2.75, 3.05) is 5.73 Å². The lowest BCUT2D eigenvalue weighted by Crippen LogP contribution is -2.12. The summed E-state index contributed by atoms with van der Waals surface area (Å²) in [6, 6.07) is 4.36. The fourth-order valence-corrected chi connectivity index (χ4v) is 4.69. The number of rotatable bonds is 2. The van der Waals surface area contributed by atoms with Crippen molar-refractivity contribution in [3.05, 3.63) is 45.6 Å². The largest absolute Gasteiger partial charge is 0.383 e. The average Bonchev–Trinajstić information content (AvgIpc) is 3.08. The molecule has 0 spiro atoms. The Morgan fingerprint density at radius 1 is 1.17 bits per heavy atom. The third-order valence-electron chi connectivity index (χ3n) is 4.68. The van der Waals surface area contributed by atoms with E-state index >= 15 is 0 Å². The minimum absolute atomic E-state index is 0.343. The first kappa shape index (κ1) is 15.5. The number of nitrogens with two attached hydrogens (primary N) is 2. The molecule has 0 bridgehead atoms. The second-order valence-corrected chi connectivity index (χ2v) is 7.44. The lowest BCUT2D eigenvalue weighted by atomic mass is 9.94. The van der Waals surface area contributed by atoms with Crippen LogP contribution in [0.4, 0.5) is 5.82 Å². The summed E-state index contributed by atoms with van der Waals surface area (Å²) in [6.45, 7) is 6.69. The number of fused-ring (bicyclic) bond motifs is 3. The lowest BCUT2D eigenvalue weighted by Gasteiger charge is -2.16. The van der Waals surface area contributed by atoms with Crippen LogP contribution < -0.4 is 11.5 Å². The van der Waals surface area contributed by atoms with Crippen LogP contribution in [0.15, 0.2) is 12.1 Å². The van der Waals surface area contributed by atoms with Crippen LogP contribution in [0.5, 0.6) is 0 Å². The van der Waals surface area contributed by atoms with E-state index in [-0.39, 0.29) is 0 Å². The molecule has 0 radical (unpaired) electrons. The van der Waals surface area contributed by atoms with Crippen LogP contribution in [-0.2, 0) is 18.1 Å². The maximum Gasteiger partial charge on any atom is 0.162 e. The molecule has 1 aromatic carbocycles. The Hall–Kier alpha value is -2.05. The third-order valence-corrected chi connectivity index (χ3v) is 5.65. The van der Waals surface area contributed by atoms with Gasteiger partial charge in [0.25, 0.3) is 0 Å². The van der Waals surface area contributed by atoms with E-state index < -0.39 is 0 Å². The van der Waals surface area contributed by atoms with E-state index in [0.29, 0.717) is 12.4 Å². The molecule has 1 aliphatic rings. The van der Waals surface area contributed by atoms with Crippen LogP contribution in [0.25, 0.3) is 16.9 Å². The van der Waals surface area contributed by atoms with E-state index in [4.69, 9.17) is 16.5 Å². The number of hydrogen-bond donors (Lipinski definition) is 2. The number of aryl methyl sites for hydroxylation is 3. The van der Waals surface area contributed by atoms with Gasteiger partial charge in [-0.2, -0.15) is 21.4 Å². The number of thioether (sulfide) groups is 1. The minimum Gasteiger partial charge on any atom is -0.383 e. The molecule has 0 saturated carbocycles. The van der Waals surface area contributed by atoms with Gasteiger partial charge in [0, 0.05) is 34.7 Å². The Bertz CT molecular complexity index is 950. The monoisotopic (exact) mass is 339 g/mol. The van der Waals surface area contributed by atoms with Gasteiger partial charge < -0.3 is 11.5 Å². The van der Waals surface area contributed by atoms with E-state index in [1.807, 2.05) is 11.8 Å². The van der Waals surface area contributed by atoms with Crippen LogP contribution >= 0.6 is 11.8 Å². The van der Waals surface area contributed by atoms with Gasteiger partial charge in [-0.15, -0.1) is 0 Å². The molecule has 3 heterocycles. The molecule has 0 amide bonds. The number of aromatic nitrogens is 3. The zero-order valence-corrected chi connectivity index (χ0v) is 15.0. The summed E-state index contributed by atoms with van der Waals surface area (Å²) < 4.78 is 1.77. The van der Waals surface area contributed by atoms with Crippen molar-refractivity contribution in [2.24, 2.45) is 5.73 Å². The SMILES string of the molecule is Cc1cc(C)c(-c2nc3c4c(nn3c(N)c2CN)CSC4)c(C)c1. The van der Waals surface area contributed by atoms with Gasteiger partial charge in [0.15, 0.2) is 5.65 Å². The molecule has 2 aromatic heterocycles. The molecule has 0 aliphatic carbocycles. The summed E-state index contributed by atoms with van der Waals surface area (Å²) in [4.78, 5) is 4.99.